The molecule has 0 unspecified atom stereocenters. The van der Waals surface area contributed by atoms with Crippen molar-refractivity contribution in [2.45, 2.75) is 19.4 Å². The molecule has 3 aromatic rings. The zero-order valence-electron chi connectivity index (χ0n) is 16.9. The van der Waals surface area contributed by atoms with E-state index in [2.05, 4.69) is 10.6 Å². The molecule has 2 amide bonds. The highest BCUT2D eigenvalue weighted by atomic mass is 19.1. The first-order valence-electron chi connectivity index (χ1n) is 10.2. The minimum atomic E-state index is -0.466. The van der Waals surface area contributed by atoms with Gasteiger partial charge in [-0.1, -0.05) is 18.2 Å². The largest absolute Gasteiger partial charge is 0.493 e. The van der Waals surface area contributed by atoms with Gasteiger partial charge in [0.2, 0.25) is 0 Å². The van der Waals surface area contributed by atoms with Crippen molar-refractivity contribution in [1.29, 1.82) is 0 Å². The smallest absolute Gasteiger partial charge is 0.255 e. The fourth-order valence-corrected chi connectivity index (χ4v) is 3.08. The van der Waals surface area contributed by atoms with Crippen LogP contribution in [0.1, 0.15) is 39.1 Å². The lowest BCUT2D eigenvalue weighted by atomic mass is 10.1. The lowest BCUT2D eigenvalue weighted by Crippen LogP contribution is -2.22. The van der Waals surface area contributed by atoms with Gasteiger partial charge in [-0.25, -0.2) is 4.39 Å². The summed E-state index contributed by atoms with van der Waals surface area (Å²) in [5.74, 6) is 0.391. The van der Waals surface area contributed by atoms with Crippen LogP contribution in [0.4, 0.5) is 10.1 Å². The summed E-state index contributed by atoms with van der Waals surface area (Å²) in [6, 6.07) is 19.8. The Labute approximate surface area is 180 Å². The Morgan fingerprint density at radius 1 is 0.903 bits per heavy atom. The Morgan fingerprint density at radius 2 is 1.68 bits per heavy atom. The molecule has 158 valence electrons. The third kappa shape index (κ3) is 5.92. The molecule has 3 aromatic carbocycles. The second-order valence-electron chi connectivity index (χ2n) is 7.63. The van der Waals surface area contributed by atoms with Gasteiger partial charge < -0.3 is 15.4 Å². The number of nitrogens with one attached hydrogen (secondary N) is 2. The maximum Gasteiger partial charge on any atom is 0.255 e. The molecule has 0 aliphatic heterocycles. The van der Waals surface area contributed by atoms with E-state index in [0.29, 0.717) is 23.7 Å². The fourth-order valence-electron chi connectivity index (χ4n) is 3.08. The Bertz CT molecular complexity index is 1080. The molecule has 5 nitrogen and oxygen atoms in total. The van der Waals surface area contributed by atoms with Crippen molar-refractivity contribution in [3.63, 3.8) is 0 Å². The van der Waals surface area contributed by atoms with Crippen molar-refractivity contribution in [2.75, 3.05) is 11.9 Å². The molecule has 0 atom stereocenters. The highest BCUT2D eigenvalue weighted by Gasteiger charge is 2.21. The van der Waals surface area contributed by atoms with E-state index in [0.717, 1.165) is 17.9 Å². The molecule has 1 saturated carbocycles. The first-order chi connectivity index (χ1) is 15.1. The van der Waals surface area contributed by atoms with Gasteiger partial charge >= 0.3 is 0 Å². The van der Waals surface area contributed by atoms with E-state index in [4.69, 9.17) is 4.74 Å². The van der Waals surface area contributed by atoms with Crippen molar-refractivity contribution < 1.29 is 18.7 Å². The number of amides is 2. The summed E-state index contributed by atoms with van der Waals surface area (Å²) >= 11 is 0. The summed E-state index contributed by atoms with van der Waals surface area (Å²) in [6.45, 7) is 1.04. The van der Waals surface area contributed by atoms with Crippen LogP contribution in [0.15, 0.2) is 72.8 Å². The average Bonchev–Trinajstić information content (AvgIpc) is 3.61. The van der Waals surface area contributed by atoms with Crippen LogP contribution in [0.3, 0.4) is 0 Å². The molecule has 1 aliphatic rings. The number of rotatable bonds is 8. The van der Waals surface area contributed by atoms with Gasteiger partial charge in [0.15, 0.2) is 0 Å². The normalized spacial score (nSPS) is 12.8. The van der Waals surface area contributed by atoms with E-state index in [-0.39, 0.29) is 11.5 Å². The van der Waals surface area contributed by atoms with Gasteiger partial charge in [0.05, 0.1) is 6.61 Å². The standard InChI is InChI=1S/C25H23FN2O3/c26-21-5-2-4-20(14-21)25(30)28-22-6-1-3-18(13-22)15-27-24(29)19-9-11-23(12-10-19)31-16-17-7-8-17/h1-6,9-14,17H,7-8,15-16H2,(H,27,29)(H,28,30). The third-order valence-corrected chi connectivity index (χ3v) is 5.02. The molecule has 0 radical (unpaired) electrons. The van der Waals surface area contributed by atoms with Gasteiger partial charge in [0, 0.05) is 23.4 Å². The van der Waals surface area contributed by atoms with Gasteiger partial charge in [-0.3, -0.25) is 9.59 Å². The number of halogens is 1. The number of carbonyl (C=O) groups is 2. The molecule has 6 heteroatoms. The molecule has 2 N–H and O–H groups in total. The molecular formula is C25H23FN2O3. The van der Waals surface area contributed by atoms with E-state index < -0.39 is 11.7 Å². The van der Waals surface area contributed by atoms with Crippen molar-refractivity contribution in [2.24, 2.45) is 5.92 Å². The molecule has 1 aliphatic carbocycles. The third-order valence-electron chi connectivity index (χ3n) is 5.02. The number of carbonyl (C=O) groups excluding carboxylic acids is 2. The van der Waals surface area contributed by atoms with Gasteiger partial charge in [0.1, 0.15) is 11.6 Å². The minimum Gasteiger partial charge on any atom is -0.493 e. The van der Waals surface area contributed by atoms with Crippen molar-refractivity contribution in [3.8, 4) is 5.75 Å². The summed E-state index contributed by atoms with van der Waals surface area (Å²) in [4.78, 5) is 24.7. The SMILES string of the molecule is O=C(NCc1cccc(NC(=O)c2cccc(F)c2)c1)c1ccc(OCC2CC2)cc1. The maximum absolute atomic E-state index is 13.3. The van der Waals surface area contributed by atoms with Crippen LogP contribution in [-0.2, 0) is 6.54 Å². The fraction of sp³-hybridized carbons (Fsp3) is 0.200. The molecule has 0 aromatic heterocycles. The summed E-state index contributed by atoms with van der Waals surface area (Å²) in [5.41, 5.74) is 2.19. The predicted octanol–water partition coefficient (Wildman–Crippen LogP) is 4.80. The van der Waals surface area contributed by atoms with E-state index in [9.17, 15) is 14.0 Å². The summed E-state index contributed by atoms with van der Waals surface area (Å²) in [5, 5.41) is 5.62. The van der Waals surface area contributed by atoms with E-state index in [1.807, 2.05) is 6.07 Å². The molecule has 0 spiro atoms. The topological polar surface area (TPSA) is 67.4 Å². The maximum atomic E-state index is 13.3. The number of hydrogen-bond acceptors (Lipinski definition) is 3. The predicted molar refractivity (Wildman–Crippen MR) is 117 cm³/mol. The number of anilines is 1. The van der Waals surface area contributed by atoms with Gasteiger partial charge in [-0.15, -0.1) is 0 Å². The van der Waals surface area contributed by atoms with Crippen molar-refractivity contribution in [1.82, 2.24) is 5.32 Å². The summed E-state index contributed by atoms with van der Waals surface area (Å²) < 4.78 is 19.0. The number of hydrogen-bond donors (Lipinski definition) is 2. The number of benzene rings is 3. The highest BCUT2D eigenvalue weighted by Crippen LogP contribution is 2.29. The Balaban J connectivity index is 1.31. The Morgan fingerprint density at radius 3 is 2.42 bits per heavy atom. The van der Waals surface area contributed by atoms with Crippen LogP contribution in [0.5, 0.6) is 5.75 Å². The monoisotopic (exact) mass is 418 g/mol. The second-order valence-corrected chi connectivity index (χ2v) is 7.63. The van der Waals surface area contributed by atoms with Gasteiger partial charge in [-0.05, 0) is 78.9 Å². The summed E-state index contributed by atoms with van der Waals surface area (Å²) in [6.07, 6.45) is 2.46. The van der Waals surface area contributed by atoms with Crippen LogP contribution >= 0.6 is 0 Å². The average molecular weight is 418 g/mol. The molecule has 0 bridgehead atoms. The summed E-state index contributed by atoms with van der Waals surface area (Å²) in [7, 11) is 0. The first-order valence-corrected chi connectivity index (χ1v) is 10.2. The van der Waals surface area contributed by atoms with Crippen LogP contribution < -0.4 is 15.4 Å². The quantitative estimate of drug-likeness (QED) is 0.552. The highest BCUT2D eigenvalue weighted by molar-refractivity contribution is 6.04. The van der Waals surface area contributed by atoms with E-state index in [1.165, 1.54) is 31.0 Å². The number of ether oxygens (including phenoxy) is 1. The zero-order chi connectivity index (χ0) is 21.6. The Kier molecular flexibility index (Phi) is 6.26. The zero-order valence-corrected chi connectivity index (χ0v) is 16.9. The minimum absolute atomic E-state index is 0.192. The van der Waals surface area contributed by atoms with Crippen LogP contribution in [0.25, 0.3) is 0 Å². The van der Waals surface area contributed by atoms with Gasteiger partial charge in [-0.2, -0.15) is 0 Å². The lowest BCUT2D eigenvalue weighted by Gasteiger charge is -2.10. The molecule has 0 saturated heterocycles. The molecule has 0 heterocycles. The van der Waals surface area contributed by atoms with Gasteiger partial charge in [0.25, 0.3) is 11.8 Å². The molecular weight excluding hydrogens is 395 g/mol. The van der Waals surface area contributed by atoms with Crippen LogP contribution in [0.2, 0.25) is 0 Å². The van der Waals surface area contributed by atoms with Crippen LogP contribution in [-0.4, -0.2) is 18.4 Å². The van der Waals surface area contributed by atoms with E-state index in [1.54, 1.807) is 48.5 Å². The second kappa shape index (κ2) is 9.43. The molecule has 1 fully saturated rings. The van der Waals surface area contributed by atoms with Crippen LogP contribution in [0, 0.1) is 11.7 Å². The Hall–Kier alpha value is -3.67. The molecule has 4 rings (SSSR count). The first kappa shape index (κ1) is 20.6. The lowest BCUT2D eigenvalue weighted by molar-refractivity contribution is 0.0950. The van der Waals surface area contributed by atoms with Crippen molar-refractivity contribution in [3.05, 3.63) is 95.3 Å². The molecule has 31 heavy (non-hydrogen) atoms. The van der Waals surface area contributed by atoms with E-state index >= 15 is 0 Å². The van der Waals surface area contributed by atoms with Crippen molar-refractivity contribution >= 4 is 17.5 Å².